The number of aliphatic hydroxyl groups excluding tert-OH is 4. The first kappa shape index (κ1) is 57.5. The maximum atomic E-state index is 12.7. The van der Waals surface area contributed by atoms with Crippen LogP contribution in [0.3, 0.4) is 0 Å². The van der Waals surface area contributed by atoms with Gasteiger partial charge in [-0.05, 0) is 60.4 Å². The minimum absolute atomic E-state index is 0.368. The molecule has 2 rings (SSSR count). The van der Waals surface area contributed by atoms with Crippen molar-refractivity contribution in [3.63, 3.8) is 0 Å². The number of carbonyl (C=O) groups excluding carboxylic acids is 2. The van der Waals surface area contributed by atoms with Crippen LogP contribution in [-0.4, -0.2) is 58.8 Å². The Morgan fingerprint density at radius 3 is 0.862 bits per heavy atom. The number of hydrogen-bond acceptors (Lipinski definition) is 8. The van der Waals surface area contributed by atoms with E-state index in [0.29, 0.717) is 35.5 Å². The molecule has 0 radical (unpaired) electrons. The van der Waals surface area contributed by atoms with Gasteiger partial charge in [-0.15, -0.1) is 0 Å². The zero-order valence-corrected chi connectivity index (χ0v) is 41.2. The van der Waals surface area contributed by atoms with Crippen molar-refractivity contribution in [2.75, 3.05) is 26.4 Å². The highest BCUT2D eigenvalue weighted by molar-refractivity contribution is 5.90. The molecule has 4 N–H and O–H groups in total. The number of unbranched alkanes of at least 4 members (excludes halogenated alkanes) is 30. The van der Waals surface area contributed by atoms with Crippen LogP contribution in [0.15, 0.2) is 60.0 Å². The van der Waals surface area contributed by atoms with E-state index in [-0.39, 0.29) is 0 Å². The van der Waals surface area contributed by atoms with Crippen LogP contribution in [0, 0.1) is 5.41 Å². The third-order valence-electron chi connectivity index (χ3n) is 12.9. The van der Waals surface area contributed by atoms with Gasteiger partial charge < -0.3 is 29.9 Å². The molecule has 0 aliphatic heterocycles. The third kappa shape index (κ3) is 26.3. The summed E-state index contributed by atoms with van der Waals surface area (Å²) in [4.78, 5) is 25.3. The third-order valence-corrected chi connectivity index (χ3v) is 12.9. The van der Waals surface area contributed by atoms with Gasteiger partial charge in [-0.2, -0.15) is 0 Å². The predicted molar refractivity (Wildman–Crippen MR) is 270 cm³/mol. The second kappa shape index (κ2) is 38.5. The zero-order valence-electron chi connectivity index (χ0n) is 41.2. The normalized spacial score (nSPS) is 12.2. The molecule has 0 bridgehead atoms. The van der Waals surface area contributed by atoms with E-state index in [1.807, 2.05) is 0 Å². The summed E-state index contributed by atoms with van der Waals surface area (Å²) >= 11 is 0. The molecule has 368 valence electrons. The summed E-state index contributed by atoms with van der Waals surface area (Å²) in [6, 6.07) is 12.9. The van der Waals surface area contributed by atoms with E-state index < -0.39 is 42.1 Å². The molecular formula is C57H92O8. The van der Waals surface area contributed by atoms with Gasteiger partial charge in [0.05, 0.1) is 37.6 Å². The topological polar surface area (TPSA) is 134 Å². The molecule has 65 heavy (non-hydrogen) atoms. The number of hydrogen-bond donors (Lipinski definition) is 4. The van der Waals surface area contributed by atoms with E-state index in [1.165, 1.54) is 179 Å². The van der Waals surface area contributed by atoms with Crippen LogP contribution in [0.5, 0.6) is 0 Å². The fourth-order valence-corrected chi connectivity index (χ4v) is 8.32. The van der Waals surface area contributed by atoms with Gasteiger partial charge in [0.25, 0.3) is 0 Å². The first-order valence-corrected chi connectivity index (χ1v) is 26.4. The van der Waals surface area contributed by atoms with Gasteiger partial charge in [0.15, 0.2) is 0 Å². The lowest BCUT2D eigenvalue weighted by atomic mass is 9.83. The lowest BCUT2D eigenvalue weighted by Gasteiger charge is -2.28. The van der Waals surface area contributed by atoms with Crippen LogP contribution in [-0.2, 0) is 9.47 Å². The molecule has 0 saturated heterocycles. The van der Waals surface area contributed by atoms with Gasteiger partial charge in [-0.3, -0.25) is 0 Å². The molecule has 0 aliphatic rings. The number of esters is 2. The largest absolute Gasteiger partial charge is 0.511 e. The van der Waals surface area contributed by atoms with Crippen LogP contribution in [0.1, 0.15) is 251 Å². The Hall–Kier alpha value is -3.62. The SMILES string of the molecule is CCCCCCCCCCCCCCCCCCOC(=O)c1ccc(C=C(O)C(CO)(CO)C(O)=Cc2ccc(C(=O)OCCCCCCCCCCCCCCCCCC)cc2)cc1. The smallest absolute Gasteiger partial charge is 0.338 e. The highest BCUT2D eigenvalue weighted by Crippen LogP contribution is 2.35. The van der Waals surface area contributed by atoms with Crippen molar-refractivity contribution in [2.24, 2.45) is 5.41 Å². The van der Waals surface area contributed by atoms with Crippen molar-refractivity contribution in [1.29, 1.82) is 0 Å². The monoisotopic (exact) mass is 905 g/mol. The number of rotatable bonds is 42. The molecule has 0 unspecified atom stereocenters. The number of benzene rings is 2. The second-order valence-electron chi connectivity index (χ2n) is 18.6. The van der Waals surface area contributed by atoms with Gasteiger partial charge in [0.2, 0.25) is 0 Å². The number of ether oxygens (including phenoxy) is 2. The van der Waals surface area contributed by atoms with Crippen molar-refractivity contribution < 1.29 is 39.5 Å². The van der Waals surface area contributed by atoms with Crippen LogP contribution in [0.25, 0.3) is 12.2 Å². The number of carbonyl (C=O) groups is 2. The fraction of sp³-hybridized carbons (Fsp3) is 0.684. The van der Waals surface area contributed by atoms with Crippen molar-refractivity contribution in [2.45, 2.75) is 219 Å². The van der Waals surface area contributed by atoms with Crippen LogP contribution >= 0.6 is 0 Å². The average Bonchev–Trinajstić information content (AvgIpc) is 3.32. The molecule has 0 heterocycles. The summed E-state index contributed by atoms with van der Waals surface area (Å²) < 4.78 is 11.0. The Kier molecular flexibility index (Phi) is 34.0. The van der Waals surface area contributed by atoms with Crippen LogP contribution < -0.4 is 0 Å². The lowest BCUT2D eigenvalue weighted by Crippen LogP contribution is -2.34. The Bertz CT molecular complexity index is 1410. The summed E-state index contributed by atoms with van der Waals surface area (Å²) in [6.45, 7) is 3.72. The van der Waals surface area contributed by atoms with E-state index in [1.54, 1.807) is 48.5 Å². The highest BCUT2D eigenvalue weighted by atomic mass is 16.5. The van der Waals surface area contributed by atoms with Gasteiger partial charge in [0.1, 0.15) is 16.9 Å². The Morgan fingerprint density at radius 1 is 0.400 bits per heavy atom. The first-order valence-electron chi connectivity index (χ1n) is 26.4. The molecule has 0 atom stereocenters. The van der Waals surface area contributed by atoms with E-state index in [9.17, 15) is 30.0 Å². The first-order chi connectivity index (χ1) is 31.8. The Balaban J connectivity index is 1.66. The highest BCUT2D eigenvalue weighted by Gasteiger charge is 2.38. The zero-order chi connectivity index (χ0) is 47.1. The van der Waals surface area contributed by atoms with Gasteiger partial charge in [0, 0.05) is 0 Å². The van der Waals surface area contributed by atoms with E-state index in [2.05, 4.69) is 13.8 Å². The summed E-state index contributed by atoms with van der Waals surface area (Å²) in [5.74, 6) is -1.74. The van der Waals surface area contributed by atoms with Gasteiger partial charge in [-0.25, -0.2) is 9.59 Å². The van der Waals surface area contributed by atoms with Crippen molar-refractivity contribution in [3.05, 3.63) is 82.3 Å². The summed E-state index contributed by atoms with van der Waals surface area (Å²) in [5, 5.41) is 42.8. The fourth-order valence-electron chi connectivity index (χ4n) is 8.32. The lowest BCUT2D eigenvalue weighted by molar-refractivity contribution is 0.0483. The Labute approximate surface area is 395 Å². The summed E-state index contributed by atoms with van der Waals surface area (Å²) in [7, 11) is 0. The molecular weight excluding hydrogens is 813 g/mol. The van der Waals surface area contributed by atoms with Crippen molar-refractivity contribution in [3.8, 4) is 0 Å². The average molecular weight is 905 g/mol. The standard InChI is InChI=1S/C57H92O8/c1-3-5-7-9-11-13-15-17-19-21-23-25-27-29-31-33-43-64-55(62)51-39-35-49(36-40-51)45-53(60)57(47-58,48-59)54(61)46-50-37-41-52(42-38-50)56(63)65-44-34-32-30-28-26-24-22-20-18-16-14-12-10-8-6-4-2/h35-42,45-46,58-61H,3-34,43-44,47-48H2,1-2H3. The second-order valence-corrected chi connectivity index (χ2v) is 18.6. The van der Waals surface area contributed by atoms with Crippen molar-refractivity contribution in [1.82, 2.24) is 0 Å². The molecule has 0 saturated carbocycles. The molecule has 0 fully saturated rings. The minimum Gasteiger partial charge on any atom is -0.511 e. The predicted octanol–water partition coefficient (Wildman–Crippen LogP) is 16.0. The minimum atomic E-state index is -1.88. The molecule has 8 heteroatoms. The molecule has 0 spiro atoms. The molecule has 8 nitrogen and oxygen atoms in total. The quantitative estimate of drug-likeness (QED) is 0.0294. The molecule has 0 amide bonds. The molecule has 2 aromatic carbocycles. The summed E-state index contributed by atoms with van der Waals surface area (Å²) in [6.07, 6.45) is 43.8. The maximum absolute atomic E-state index is 12.7. The Morgan fingerprint density at radius 2 is 0.631 bits per heavy atom. The van der Waals surface area contributed by atoms with Crippen LogP contribution in [0.4, 0.5) is 0 Å². The number of aliphatic hydroxyl groups is 4. The van der Waals surface area contributed by atoms with E-state index >= 15 is 0 Å². The van der Waals surface area contributed by atoms with Gasteiger partial charge in [-0.1, -0.05) is 231 Å². The van der Waals surface area contributed by atoms with E-state index in [0.717, 1.165) is 38.5 Å². The maximum Gasteiger partial charge on any atom is 0.338 e. The molecule has 0 aliphatic carbocycles. The molecule has 0 aromatic heterocycles. The van der Waals surface area contributed by atoms with Gasteiger partial charge >= 0.3 is 11.9 Å². The molecule has 2 aromatic rings. The van der Waals surface area contributed by atoms with Crippen molar-refractivity contribution >= 4 is 24.1 Å². The summed E-state index contributed by atoms with van der Waals surface area (Å²) in [5.41, 5.74) is -0.125. The van der Waals surface area contributed by atoms with Crippen LogP contribution in [0.2, 0.25) is 0 Å². The van der Waals surface area contributed by atoms with E-state index in [4.69, 9.17) is 9.47 Å².